The van der Waals surface area contributed by atoms with E-state index in [2.05, 4.69) is 26.6 Å². The molecular weight excluding hydrogens is 412 g/mol. The van der Waals surface area contributed by atoms with Crippen molar-refractivity contribution in [1.29, 1.82) is 0 Å². The van der Waals surface area contributed by atoms with Crippen LogP contribution in [0.5, 0.6) is 5.75 Å². The highest BCUT2D eigenvalue weighted by molar-refractivity contribution is 9.10. The molecule has 26 heavy (non-hydrogen) atoms. The molecule has 0 aliphatic rings. The van der Waals surface area contributed by atoms with Gasteiger partial charge in [-0.2, -0.15) is 0 Å². The SMILES string of the molecule is COc1c(C)cccc1C(=O)NC(=S)Nc1ccc(Br)c2ccccc12. The first-order chi connectivity index (χ1) is 12.5. The number of hydrogen-bond acceptors (Lipinski definition) is 3. The lowest BCUT2D eigenvalue weighted by molar-refractivity contribution is 0.0974. The van der Waals surface area contributed by atoms with Crippen LogP contribution in [0.2, 0.25) is 0 Å². The molecule has 3 rings (SSSR count). The molecule has 0 fully saturated rings. The molecule has 0 radical (unpaired) electrons. The Labute approximate surface area is 165 Å². The molecule has 4 nitrogen and oxygen atoms in total. The van der Waals surface area contributed by atoms with Gasteiger partial charge in [-0.3, -0.25) is 10.1 Å². The fourth-order valence-corrected chi connectivity index (χ4v) is 3.48. The highest BCUT2D eigenvalue weighted by atomic mass is 79.9. The number of thiocarbonyl (C=S) groups is 1. The number of rotatable bonds is 3. The summed E-state index contributed by atoms with van der Waals surface area (Å²) in [5, 5.41) is 8.11. The number of methoxy groups -OCH3 is 1. The third kappa shape index (κ3) is 3.71. The summed E-state index contributed by atoms with van der Waals surface area (Å²) in [6.07, 6.45) is 0. The number of nitrogens with one attached hydrogen (secondary N) is 2. The Morgan fingerprint density at radius 1 is 1.04 bits per heavy atom. The van der Waals surface area contributed by atoms with Gasteiger partial charge >= 0.3 is 0 Å². The van der Waals surface area contributed by atoms with Crippen LogP contribution < -0.4 is 15.4 Å². The third-order valence-electron chi connectivity index (χ3n) is 4.01. The van der Waals surface area contributed by atoms with Gasteiger partial charge in [-0.25, -0.2) is 0 Å². The van der Waals surface area contributed by atoms with E-state index >= 15 is 0 Å². The van der Waals surface area contributed by atoms with Crippen molar-refractivity contribution in [2.24, 2.45) is 0 Å². The van der Waals surface area contributed by atoms with Crippen molar-refractivity contribution in [3.8, 4) is 5.75 Å². The smallest absolute Gasteiger partial charge is 0.261 e. The molecule has 0 bridgehead atoms. The summed E-state index contributed by atoms with van der Waals surface area (Å²) in [5.74, 6) is 0.228. The van der Waals surface area contributed by atoms with Gasteiger partial charge in [0.05, 0.1) is 12.7 Å². The Morgan fingerprint density at radius 3 is 2.50 bits per heavy atom. The van der Waals surface area contributed by atoms with Crippen LogP contribution in [0, 0.1) is 6.92 Å². The summed E-state index contributed by atoms with van der Waals surface area (Å²) in [6, 6.07) is 17.2. The molecular formula is C20H17BrN2O2S. The standard InChI is InChI=1S/C20H17BrN2O2S/c1-12-6-5-9-15(18(12)25-2)19(24)23-20(26)22-17-11-10-16(21)13-7-3-4-8-14(13)17/h3-11H,1-2H3,(H2,22,23,24,26). The summed E-state index contributed by atoms with van der Waals surface area (Å²) in [4.78, 5) is 12.6. The fourth-order valence-electron chi connectivity index (χ4n) is 2.80. The highest BCUT2D eigenvalue weighted by Crippen LogP contribution is 2.30. The number of para-hydroxylation sites is 1. The van der Waals surface area contributed by atoms with Gasteiger partial charge < -0.3 is 10.1 Å². The quantitative estimate of drug-likeness (QED) is 0.573. The van der Waals surface area contributed by atoms with Gasteiger partial charge in [-0.1, -0.05) is 52.3 Å². The van der Waals surface area contributed by atoms with Crippen LogP contribution in [0.25, 0.3) is 10.8 Å². The topological polar surface area (TPSA) is 50.4 Å². The summed E-state index contributed by atoms with van der Waals surface area (Å²) >= 11 is 8.87. The van der Waals surface area contributed by atoms with E-state index in [0.717, 1.165) is 26.5 Å². The number of amides is 1. The van der Waals surface area contributed by atoms with E-state index in [9.17, 15) is 4.79 Å². The van der Waals surface area contributed by atoms with E-state index in [1.54, 1.807) is 13.2 Å². The first-order valence-electron chi connectivity index (χ1n) is 7.94. The second-order valence-electron chi connectivity index (χ2n) is 5.70. The van der Waals surface area contributed by atoms with Gasteiger partial charge in [-0.05, 0) is 48.3 Å². The summed E-state index contributed by atoms with van der Waals surface area (Å²) < 4.78 is 6.34. The predicted molar refractivity (Wildman–Crippen MR) is 113 cm³/mol. The number of fused-ring (bicyclic) bond motifs is 1. The van der Waals surface area contributed by atoms with E-state index in [4.69, 9.17) is 17.0 Å². The van der Waals surface area contributed by atoms with Gasteiger partial charge in [0.2, 0.25) is 0 Å². The molecule has 0 aliphatic carbocycles. The van der Waals surface area contributed by atoms with E-state index < -0.39 is 0 Å². The summed E-state index contributed by atoms with van der Waals surface area (Å²) in [6.45, 7) is 1.89. The number of ether oxygens (including phenoxy) is 1. The Hall–Kier alpha value is -2.44. The van der Waals surface area contributed by atoms with Crippen molar-refractivity contribution >= 4 is 55.6 Å². The molecule has 0 saturated heterocycles. The Kier molecular flexibility index (Phi) is 5.54. The zero-order valence-electron chi connectivity index (χ0n) is 14.3. The maximum absolute atomic E-state index is 12.6. The van der Waals surface area contributed by atoms with Gasteiger partial charge in [-0.15, -0.1) is 0 Å². The first-order valence-corrected chi connectivity index (χ1v) is 9.14. The Balaban J connectivity index is 1.81. The molecule has 132 valence electrons. The molecule has 0 spiro atoms. The number of anilines is 1. The molecule has 0 aromatic heterocycles. The molecule has 0 heterocycles. The zero-order valence-corrected chi connectivity index (χ0v) is 16.7. The van der Waals surface area contributed by atoms with Gasteiger partial charge in [0.25, 0.3) is 5.91 Å². The van der Waals surface area contributed by atoms with Gasteiger partial charge in [0, 0.05) is 15.5 Å². The number of hydrogen-bond donors (Lipinski definition) is 2. The third-order valence-corrected chi connectivity index (χ3v) is 4.90. The summed E-state index contributed by atoms with van der Waals surface area (Å²) in [5.41, 5.74) is 2.15. The minimum Gasteiger partial charge on any atom is -0.496 e. The molecule has 1 amide bonds. The van der Waals surface area contributed by atoms with Crippen LogP contribution in [-0.2, 0) is 0 Å². The number of carbonyl (C=O) groups excluding carboxylic acids is 1. The number of carbonyl (C=O) groups is 1. The first kappa shape index (κ1) is 18.4. The molecule has 0 unspecified atom stereocenters. The fraction of sp³-hybridized carbons (Fsp3) is 0.100. The van der Waals surface area contributed by atoms with Crippen molar-refractivity contribution in [2.75, 3.05) is 12.4 Å². The van der Waals surface area contributed by atoms with E-state index in [1.165, 1.54) is 0 Å². The van der Waals surface area contributed by atoms with E-state index in [-0.39, 0.29) is 11.0 Å². The van der Waals surface area contributed by atoms with Crippen LogP contribution >= 0.6 is 28.1 Å². The zero-order chi connectivity index (χ0) is 18.7. The minimum atomic E-state index is -0.315. The predicted octanol–water partition coefficient (Wildman–Crippen LogP) is 5.05. The lowest BCUT2D eigenvalue weighted by atomic mass is 10.1. The average molecular weight is 429 g/mol. The van der Waals surface area contributed by atoms with Crippen LogP contribution in [-0.4, -0.2) is 18.1 Å². The molecule has 2 N–H and O–H groups in total. The van der Waals surface area contributed by atoms with Crippen molar-refractivity contribution in [2.45, 2.75) is 6.92 Å². The van der Waals surface area contributed by atoms with Crippen molar-refractivity contribution < 1.29 is 9.53 Å². The molecule has 3 aromatic carbocycles. The van der Waals surface area contributed by atoms with Gasteiger partial charge in [0.1, 0.15) is 5.75 Å². The maximum Gasteiger partial charge on any atom is 0.261 e. The normalized spacial score (nSPS) is 10.4. The lowest BCUT2D eigenvalue weighted by Crippen LogP contribution is -2.34. The molecule has 3 aromatic rings. The summed E-state index contributed by atoms with van der Waals surface area (Å²) in [7, 11) is 1.55. The Morgan fingerprint density at radius 2 is 1.77 bits per heavy atom. The number of benzene rings is 3. The highest BCUT2D eigenvalue weighted by Gasteiger charge is 2.15. The van der Waals surface area contributed by atoms with Crippen LogP contribution in [0.1, 0.15) is 15.9 Å². The van der Waals surface area contributed by atoms with Gasteiger partial charge in [0.15, 0.2) is 5.11 Å². The van der Waals surface area contributed by atoms with Crippen molar-refractivity contribution in [3.63, 3.8) is 0 Å². The monoisotopic (exact) mass is 428 g/mol. The van der Waals surface area contributed by atoms with Crippen LogP contribution in [0.4, 0.5) is 5.69 Å². The maximum atomic E-state index is 12.6. The second-order valence-corrected chi connectivity index (χ2v) is 6.97. The van der Waals surface area contributed by atoms with Crippen LogP contribution in [0.15, 0.2) is 59.1 Å². The average Bonchev–Trinajstić information content (AvgIpc) is 2.64. The minimum absolute atomic E-state index is 0.228. The van der Waals surface area contributed by atoms with Crippen LogP contribution in [0.3, 0.4) is 0 Å². The van der Waals surface area contributed by atoms with Crippen molar-refractivity contribution in [1.82, 2.24) is 5.32 Å². The molecule has 0 saturated carbocycles. The number of aryl methyl sites for hydroxylation is 1. The van der Waals surface area contributed by atoms with E-state index in [1.807, 2.05) is 55.5 Å². The Bertz CT molecular complexity index is 1000. The number of halogens is 1. The molecule has 0 aliphatic heterocycles. The van der Waals surface area contributed by atoms with E-state index in [0.29, 0.717) is 11.3 Å². The second kappa shape index (κ2) is 7.85. The molecule has 0 atom stereocenters. The molecule has 6 heteroatoms. The van der Waals surface area contributed by atoms with Crippen molar-refractivity contribution in [3.05, 3.63) is 70.2 Å². The lowest BCUT2D eigenvalue weighted by Gasteiger charge is -2.14. The largest absolute Gasteiger partial charge is 0.496 e.